The summed E-state index contributed by atoms with van der Waals surface area (Å²) in [7, 11) is 0. The van der Waals surface area contributed by atoms with Crippen LogP contribution in [-0.4, -0.2) is 9.55 Å². The molecule has 0 saturated heterocycles. The highest BCUT2D eigenvalue weighted by Gasteiger charge is 2.18. The number of nitrogens with zero attached hydrogens (tertiary/aromatic N) is 2. The van der Waals surface area contributed by atoms with Crippen molar-refractivity contribution in [3.8, 4) is 5.69 Å². The fourth-order valence-electron chi connectivity index (χ4n) is 2.25. The Balaban J connectivity index is 2.38. The zero-order valence-corrected chi connectivity index (χ0v) is 14.8. The molecule has 1 atom stereocenters. The number of hydrogen-bond donors (Lipinski definition) is 0. The predicted octanol–water partition coefficient (Wildman–Crippen LogP) is 6.39. The summed E-state index contributed by atoms with van der Waals surface area (Å²) in [6.45, 7) is 1.89. The summed E-state index contributed by atoms with van der Waals surface area (Å²) in [6.07, 6.45) is 0. The summed E-state index contributed by atoms with van der Waals surface area (Å²) in [5.74, 6) is 0.761. The molecule has 108 valence electrons. The third-order valence-electron chi connectivity index (χ3n) is 3.15. The van der Waals surface area contributed by atoms with Gasteiger partial charge in [-0.1, -0.05) is 23.2 Å². The maximum atomic E-state index is 6.30. The number of benzene rings is 2. The molecule has 2 aromatic carbocycles. The minimum atomic E-state index is -0.237. The summed E-state index contributed by atoms with van der Waals surface area (Å²) in [6, 6.07) is 11.2. The van der Waals surface area contributed by atoms with E-state index >= 15 is 0 Å². The van der Waals surface area contributed by atoms with Crippen molar-refractivity contribution in [3.63, 3.8) is 0 Å². The zero-order chi connectivity index (χ0) is 15.1. The van der Waals surface area contributed by atoms with Crippen molar-refractivity contribution in [1.29, 1.82) is 0 Å². The van der Waals surface area contributed by atoms with Gasteiger partial charge in [0, 0.05) is 14.5 Å². The molecule has 0 spiro atoms. The molecule has 0 saturated carbocycles. The Kier molecular flexibility index (Phi) is 4.19. The zero-order valence-electron chi connectivity index (χ0n) is 10.9. The summed E-state index contributed by atoms with van der Waals surface area (Å²) in [5.41, 5.74) is 2.68. The van der Waals surface area contributed by atoms with Crippen LogP contribution in [0.5, 0.6) is 0 Å². The van der Waals surface area contributed by atoms with Gasteiger partial charge in [0.15, 0.2) is 0 Å². The van der Waals surface area contributed by atoms with E-state index in [0.717, 1.165) is 27.0 Å². The van der Waals surface area contributed by atoms with Gasteiger partial charge >= 0.3 is 0 Å². The minimum Gasteiger partial charge on any atom is -0.294 e. The van der Waals surface area contributed by atoms with Crippen LogP contribution >= 0.6 is 50.7 Å². The van der Waals surface area contributed by atoms with Crippen LogP contribution in [0.2, 0.25) is 10.0 Å². The van der Waals surface area contributed by atoms with Gasteiger partial charge in [0.2, 0.25) is 0 Å². The smallest absolute Gasteiger partial charge is 0.132 e. The Morgan fingerprint density at radius 1 is 1.10 bits per heavy atom. The molecule has 1 aromatic heterocycles. The van der Waals surface area contributed by atoms with Crippen LogP contribution < -0.4 is 0 Å². The van der Waals surface area contributed by atoms with Gasteiger partial charge in [0.25, 0.3) is 0 Å². The van der Waals surface area contributed by atoms with Crippen LogP contribution in [0.15, 0.2) is 40.9 Å². The Morgan fingerprint density at radius 3 is 2.43 bits per heavy atom. The van der Waals surface area contributed by atoms with Crippen LogP contribution in [0.25, 0.3) is 16.7 Å². The number of fused-ring (bicyclic) bond motifs is 1. The lowest BCUT2D eigenvalue weighted by Crippen LogP contribution is -2.02. The number of alkyl halides is 1. The molecule has 0 aliphatic carbocycles. The topological polar surface area (TPSA) is 17.8 Å². The van der Waals surface area contributed by atoms with Crippen LogP contribution in [0.4, 0.5) is 0 Å². The fourth-order valence-corrected chi connectivity index (χ4v) is 3.42. The van der Waals surface area contributed by atoms with Gasteiger partial charge in [-0.15, -0.1) is 11.6 Å². The van der Waals surface area contributed by atoms with Gasteiger partial charge in [0.1, 0.15) is 5.82 Å². The maximum absolute atomic E-state index is 6.30. The molecule has 0 bridgehead atoms. The van der Waals surface area contributed by atoms with E-state index in [-0.39, 0.29) is 5.38 Å². The number of rotatable bonds is 2. The van der Waals surface area contributed by atoms with Crippen molar-refractivity contribution < 1.29 is 0 Å². The highest BCUT2D eigenvalue weighted by Crippen LogP contribution is 2.33. The third kappa shape index (κ3) is 2.80. The lowest BCUT2D eigenvalue weighted by atomic mass is 10.2. The number of halogens is 4. The summed E-state index contributed by atoms with van der Waals surface area (Å²) >= 11 is 22.0. The van der Waals surface area contributed by atoms with E-state index in [1.807, 2.05) is 47.9 Å². The summed E-state index contributed by atoms with van der Waals surface area (Å²) in [4.78, 5) is 4.61. The lowest BCUT2D eigenvalue weighted by molar-refractivity contribution is 0.880. The second-order valence-corrected chi connectivity index (χ2v) is 7.03. The SMILES string of the molecule is CC(Cl)c1nc2ccc(Cl)cc2n1-c1ccc(Cl)cc1Br. The first-order valence-corrected chi connectivity index (χ1v) is 8.23. The second kappa shape index (κ2) is 5.81. The Bertz CT molecular complexity index is 827. The molecule has 0 N–H and O–H groups in total. The Labute approximate surface area is 145 Å². The van der Waals surface area contributed by atoms with Crippen LogP contribution in [-0.2, 0) is 0 Å². The van der Waals surface area contributed by atoms with E-state index in [1.54, 1.807) is 0 Å². The van der Waals surface area contributed by atoms with Gasteiger partial charge in [-0.25, -0.2) is 4.98 Å². The van der Waals surface area contributed by atoms with Crippen LogP contribution in [0.1, 0.15) is 18.1 Å². The maximum Gasteiger partial charge on any atom is 0.132 e. The third-order valence-corrected chi connectivity index (χ3v) is 4.45. The van der Waals surface area contributed by atoms with Crippen LogP contribution in [0.3, 0.4) is 0 Å². The van der Waals surface area contributed by atoms with Crippen molar-refractivity contribution in [3.05, 3.63) is 56.7 Å². The van der Waals surface area contributed by atoms with Gasteiger partial charge in [0.05, 0.1) is 22.1 Å². The molecule has 0 radical (unpaired) electrons. The summed E-state index contributed by atoms with van der Waals surface area (Å²) < 4.78 is 2.87. The average molecular weight is 405 g/mol. The van der Waals surface area contributed by atoms with E-state index in [4.69, 9.17) is 34.8 Å². The predicted molar refractivity (Wildman–Crippen MR) is 93.1 cm³/mol. The Hall–Kier alpha value is -0.740. The van der Waals surface area contributed by atoms with Crippen molar-refractivity contribution in [2.75, 3.05) is 0 Å². The first-order valence-electron chi connectivity index (χ1n) is 6.25. The van der Waals surface area contributed by atoms with Crippen molar-refractivity contribution in [2.45, 2.75) is 12.3 Å². The van der Waals surface area contributed by atoms with Gasteiger partial charge < -0.3 is 0 Å². The molecule has 0 fully saturated rings. The first-order chi connectivity index (χ1) is 9.97. The molecule has 0 aliphatic rings. The second-order valence-electron chi connectivity index (χ2n) is 4.65. The Morgan fingerprint density at radius 2 is 1.76 bits per heavy atom. The van der Waals surface area contributed by atoms with Crippen molar-refractivity contribution >= 4 is 61.8 Å². The summed E-state index contributed by atoms with van der Waals surface area (Å²) in [5, 5.41) is 1.08. The fraction of sp³-hybridized carbons (Fsp3) is 0.133. The molecule has 0 aliphatic heterocycles. The van der Waals surface area contributed by atoms with E-state index in [9.17, 15) is 0 Å². The van der Waals surface area contributed by atoms with Gasteiger partial charge in [-0.2, -0.15) is 0 Å². The highest BCUT2D eigenvalue weighted by atomic mass is 79.9. The number of imidazole rings is 1. The quantitative estimate of drug-likeness (QED) is 0.452. The van der Waals surface area contributed by atoms with E-state index < -0.39 is 0 Å². The molecular weight excluding hydrogens is 394 g/mol. The van der Waals surface area contributed by atoms with E-state index in [1.165, 1.54) is 0 Å². The molecule has 1 heterocycles. The molecule has 3 aromatic rings. The molecule has 21 heavy (non-hydrogen) atoms. The number of hydrogen-bond acceptors (Lipinski definition) is 1. The van der Waals surface area contributed by atoms with E-state index in [2.05, 4.69) is 20.9 Å². The van der Waals surface area contributed by atoms with Gasteiger partial charge in [-0.3, -0.25) is 4.57 Å². The van der Waals surface area contributed by atoms with Crippen LogP contribution in [0, 0.1) is 0 Å². The largest absolute Gasteiger partial charge is 0.294 e. The van der Waals surface area contributed by atoms with Gasteiger partial charge in [-0.05, 0) is 59.3 Å². The monoisotopic (exact) mass is 402 g/mol. The standard InChI is InChI=1S/C15H10BrCl3N2/c1-8(17)15-20-12-4-2-10(19)7-14(12)21(15)13-5-3-9(18)6-11(13)16/h2-8H,1H3. The molecular formula is C15H10BrCl3N2. The first kappa shape index (κ1) is 15.2. The highest BCUT2D eigenvalue weighted by molar-refractivity contribution is 9.10. The molecule has 3 rings (SSSR count). The molecule has 2 nitrogen and oxygen atoms in total. The lowest BCUT2D eigenvalue weighted by Gasteiger charge is -2.12. The van der Waals surface area contributed by atoms with Crippen molar-refractivity contribution in [1.82, 2.24) is 9.55 Å². The molecule has 0 amide bonds. The van der Waals surface area contributed by atoms with E-state index in [0.29, 0.717) is 10.0 Å². The molecule has 1 unspecified atom stereocenters. The molecule has 6 heteroatoms. The normalized spacial score (nSPS) is 12.8. The van der Waals surface area contributed by atoms with Crippen molar-refractivity contribution in [2.24, 2.45) is 0 Å². The average Bonchev–Trinajstić information content (AvgIpc) is 2.77. The number of aromatic nitrogens is 2. The minimum absolute atomic E-state index is 0.237.